The molecule has 0 radical (unpaired) electrons. The van der Waals surface area contributed by atoms with Gasteiger partial charge < -0.3 is 4.74 Å². The summed E-state index contributed by atoms with van der Waals surface area (Å²) in [5.74, 6) is 1.56. The molecule has 11 heavy (non-hydrogen) atoms. The molecule has 0 spiro atoms. The molecule has 0 aromatic heterocycles. The van der Waals surface area contributed by atoms with E-state index in [1.54, 1.807) is 0 Å². The Morgan fingerprint density at radius 1 is 1.45 bits per heavy atom. The second kappa shape index (κ2) is 2.63. The molecular weight excluding hydrogens is 136 g/mol. The predicted octanol–water partition coefficient (Wildman–Crippen LogP) is 2.38. The van der Waals surface area contributed by atoms with Gasteiger partial charge in [-0.25, -0.2) is 0 Å². The van der Waals surface area contributed by atoms with Crippen molar-refractivity contribution in [2.75, 3.05) is 6.61 Å². The van der Waals surface area contributed by atoms with Crippen molar-refractivity contribution in [1.82, 2.24) is 0 Å². The molecule has 3 unspecified atom stereocenters. The van der Waals surface area contributed by atoms with Crippen LogP contribution in [0.1, 0.15) is 26.2 Å². The lowest BCUT2D eigenvalue weighted by Crippen LogP contribution is -2.39. The Morgan fingerprint density at radius 2 is 2.27 bits per heavy atom. The van der Waals surface area contributed by atoms with Crippen molar-refractivity contribution in [1.29, 1.82) is 0 Å². The second-order valence-electron chi connectivity index (χ2n) is 3.98. The highest BCUT2D eigenvalue weighted by atomic mass is 16.5. The van der Waals surface area contributed by atoms with Gasteiger partial charge in [-0.05, 0) is 38.0 Å². The van der Waals surface area contributed by atoms with Crippen LogP contribution in [0.4, 0.5) is 0 Å². The van der Waals surface area contributed by atoms with Crippen LogP contribution < -0.4 is 0 Å². The summed E-state index contributed by atoms with van der Waals surface area (Å²) in [5, 5.41) is 0. The molecule has 0 amide bonds. The maximum absolute atomic E-state index is 5.62. The highest BCUT2D eigenvalue weighted by molar-refractivity contribution is 5.03. The van der Waals surface area contributed by atoms with Crippen molar-refractivity contribution in [3.8, 4) is 0 Å². The van der Waals surface area contributed by atoms with E-state index >= 15 is 0 Å². The van der Waals surface area contributed by atoms with E-state index in [1.165, 1.54) is 24.8 Å². The Hall–Kier alpha value is -0.300. The fourth-order valence-electron chi connectivity index (χ4n) is 2.41. The molecule has 0 aromatic carbocycles. The Morgan fingerprint density at radius 3 is 2.55 bits per heavy atom. The summed E-state index contributed by atoms with van der Waals surface area (Å²) in [6.07, 6.45) is 4.44. The average Bonchev–Trinajstić information content (AvgIpc) is 2.06. The molecule has 1 saturated carbocycles. The second-order valence-corrected chi connectivity index (χ2v) is 3.98. The summed E-state index contributed by atoms with van der Waals surface area (Å²) in [6.45, 7) is 7.19. The molecule has 0 aromatic rings. The van der Waals surface area contributed by atoms with Crippen LogP contribution in [-0.4, -0.2) is 12.7 Å². The van der Waals surface area contributed by atoms with Gasteiger partial charge in [-0.3, -0.25) is 0 Å². The van der Waals surface area contributed by atoms with Gasteiger partial charge in [0.1, 0.15) is 0 Å². The fraction of sp³-hybridized carbons (Fsp3) is 0.800. The van der Waals surface area contributed by atoms with Crippen LogP contribution in [0.5, 0.6) is 0 Å². The van der Waals surface area contributed by atoms with E-state index in [-0.39, 0.29) is 0 Å². The molecule has 2 heterocycles. The van der Waals surface area contributed by atoms with E-state index in [1.807, 2.05) is 0 Å². The molecule has 1 aliphatic carbocycles. The van der Waals surface area contributed by atoms with Crippen LogP contribution in [0.15, 0.2) is 12.2 Å². The number of rotatable bonds is 1. The fourth-order valence-corrected chi connectivity index (χ4v) is 2.41. The minimum absolute atomic E-state index is 0.557. The van der Waals surface area contributed by atoms with Gasteiger partial charge in [-0.15, -0.1) is 0 Å². The van der Waals surface area contributed by atoms with Gasteiger partial charge in [0.2, 0.25) is 0 Å². The lowest BCUT2D eigenvalue weighted by molar-refractivity contribution is -0.0837. The summed E-state index contributed by atoms with van der Waals surface area (Å²) >= 11 is 0. The van der Waals surface area contributed by atoms with Gasteiger partial charge in [0.15, 0.2) is 0 Å². The molecule has 3 aliphatic rings. The zero-order chi connectivity index (χ0) is 7.84. The van der Waals surface area contributed by atoms with Gasteiger partial charge in [0.05, 0.1) is 12.7 Å². The van der Waals surface area contributed by atoms with Crippen molar-refractivity contribution < 1.29 is 4.74 Å². The minimum Gasteiger partial charge on any atom is -0.378 e. The molecule has 3 atom stereocenters. The summed E-state index contributed by atoms with van der Waals surface area (Å²) in [4.78, 5) is 0. The van der Waals surface area contributed by atoms with Gasteiger partial charge >= 0.3 is 0 Å². The van der Waals surface area contributed by atoms with Crippen LogP contribution in [0, 0.1) is 11.8 Å². The third-order valence-electron chi connectivity index (χ3n) is 3.12. The van der Waals surface area contributed by atoms with E-state index in [2.05, 4.69) is 13.5 Å². The minimum atomic E-state index is 0.557. The molecular formula is C10H16O. The van der Waals surface area contributed by atoms with Gasteiger partial charge in [0.25, 0.3) is 0 Å². The summed E-state index contributed by atoms with van der Waals surface area (Å²) in [5.41, 5.74) is 1.36. The normalized spacial score (nSPS) is 42.5. The quantitative estimate of drug-likeness (QED) is 0.524. The smallest absolute Gasteiger partial charge is 0.0581 e. The molecule has 1 nitrogen and oxygen atoms in total. The summed E-state index contributed by atoms with van der Waals surface area (Å²) in [6, 6.07) is 0. The molecule has 2 aliphatic heterocycles. The van der Waals surface area contributed by atoms with Gasteiger partial charge in [-0.1, -0.05) is 12.2 Å². The monoisotopic (exact) mass is 152 g/mol. The molecule has 1 heteroatoms. The highest BCUT2D eigenvalue weighted by Crippen LogP contribution is 2.40. The third kappa shape index (κ3) is 1.22. The van der Waals surface area contributed by atoms with Crippen molar-refractivity contribution in [2.45, 2.75) is 32.3 Å². The van der Waals surface area contributed by atoms with Crippen LogP contribution in [-0.2, 0) is 4.74 Å². The first-order valence-electron chi connectivity index (χ1n) is 4.54. The standard InChI is InChI=1S/C10H16O/c1-7(2)10-5-9-4-3-8(10)6-11-9/h8-10H,1,3-6H2,2H3. The Bertz CT molecular complexity index is 166. The average molecular weight is 152 g/mol. The molecule has 62 valence electrons. The predicted molar refractivity (Wildman–Crippen MR) is 45.4 cm³/mol. The first kappa shape index (κ1) is 7.35. The number of fused-ring (bicyclic) bond motifs is 3. The SMILES string of the molecule is C=C(C)C1CC2CCC1CO2. The van der Waals surface area contributed by atoms with Crippen LogP contribution in [0.3, 0.4) is 0 Å². The Labute approximate surface area is 68.4 Å². The van der Waals surface area contributed by atoms with E-state index in [0.29, 0.717) is 6.10 Å². The molecule has 0 N–H and O–H groups in total. The van der Waals surface area contributed by atoms with Gasteiger partial charge in [-0.2, -0.15) is 0 Å². The lowest BCUT2D eigenvalue weighted by Gasteiger charge is -2.42. The van der Waals surface area contributed by atoms with Crippen molar-refractivity contribution in [3.63, 3.8) is 0 Å². The summed E-state index contributed by atoms with van der Waals surface area (Å²) < 4.78 is 5.62. The Balaban J connectivity index is 2.08. The van der Waals surface area contributed by atoms with Crippen LogP contribution >= 0.6 is 0 Å². The molecule has 2 saturated heterocycles. The van der Waals surface area contributed by atoms with E-state index < -0.39 is 0 Å². The lowest BCUT2D eigenvalue weighted by atomic mass is 9.73. The van der Waals surface area contributed by atoms with Crippen LogP contribution in [0.2, 0.25) is 0 Å². The number of hydrogen-bond acceptors (Lipinski definition) is 1. The first-order valence-corrected chi connectivity index (χ1v) is 4.54. The number of ether oxygens (including phenoxy) is 1. The topological polar surface area (TPSA) is 9.23 Å². The first-order chi connectivity index (χ1) is 5.27. The number of allylic oxidation sites excluding steroid dienone is 1. The van der Waals surface area contributed by atoms with Crippen LogP contribution in [0.25, 0.3) is 0 Å². The van der Waals surface area contributed by atoms with E-state index in [9.17, 15) is 0 Å². The molecule has 2 bridgehead atoms. The van der Waals surface area contributed by atoms with Crippen molar-refractivity contribution in [3.05, 3.63) is 12.2 Å². The highest BCUT2D eigenvalue weighted by Gasteiger charge is 2.36. The maximum Gasteiger partial charge on any atom is 0.0581 e. The summed E-state index contributed by atoms with van der Waals surface area (Å²) in [7, 11) is 0. The third-order valence-corrected chi connectivity index (χ3v) is 3.12. The zero-order valence-electron chi connectivity index (χ0n) is 7.18. The van der Waals surface area contributed by atoms with Crippen molar-refractivity contribution in [2.24, 2.45) is 11.8 Å². The number of hydrogen-bond donors (Lipinski definition) is 0. The maximum atomic E-state index is 5.62. The van der Waals surface area contributed by atoms with Gasteiger partial charge in [0, 0.05) is 0 Å². The van der Waals surface area contributed by atoms with E-state index in [0.717, 1.165) is 18.4 Å². The molecule has 3 fully saturated rings. The van der Waals surface area contributed by atoms with E-state index in [4.69, 9.17) is 4.74 Å². The Kier molecular flexibility index (Phi) is 1.76. The zero-order valence-corrected chi connectivity index (χ0v) is 7.18. The largest absolute Gasteiger partial charge is 0.378 e. The molecule has 3 rings (SSSR count). The van der Waals surface area contributed by atoms with Crippen molar-refractivity contribution >= 4 is 0 Å².